The second-order valence-electron chi connectivity index (χ2n) is 3.62. The number of thiazole rings is 1. The van der Waals surface area contributed by atoms with Crippen molar-refractivity contribution < 1.29 is 0 Å². The van der Waals surface area contributed by atoms with E-state index in [0.717, 1.165) is 15.9 Å². The van der Waals surface area contributed by atoms with Gasteiger partial charge in [0.05, 0.1) is 10.4 Å². The Morgan fingerprint density at radius 2 is 2.25 bits per heavy atom. The molecular formula is C11H13ClN2S2. The Balaban J connectivity index is 1.91. The minimum absolute atomic E-state index is 0.291. The van der Waals surface area contributed by atoms with Crippen molar-refractivity contribution in [1.29, 1.82) is 0 Å². The summed E-state index contributed by atoms with van der Waals surface area (Å²) in [7, 11) is 0. The number of hydrogen-bond acceptors (Lipinski definition) is 4. The Morgan fingerprint density at radius 1 is 1.44 bits per heavy atom. The molecule has 2 rings (SSSR count). The number of nitrogens with one attached hydrogen (secondary N) is 1. The topological polar surface area (TPSA) is 24.9 Å². The molecule has 2 nitrogen and oxygen atoms in total. The highest BCUT2D eigenvalue weighted by Crippen LogP contribution is 2.23. The van der Waals surface area contributed by atoms with Crippen LogP contribution in [0.2, 0.25) is 4.34 Å². The number of aromatic nitrogens is 1. The highest BCUT2D eigenvalue weighted by atomic mass is 35.5. The average molecular weight is 273 g/mol. The van der Waals surface area contributed by atoms with Gasteiger partial charge < -0.3 is 5.32 Å². The smallest absolute Gasteiger partial charge is 0.109 e. The van der Waals surface area contributed by atoms with Gasteiger partial charge in [0.25, 0.3) is 0 Å². The summed E-state index contributed by atoms with van der Waals surface area (Å²) in [6, 6.07) is 4.28. The van der Waals surface area contributed by atoms with E-state index in [1.54, 1.807) is 22.7 Å². The summed E-state index contributed by atoms with van der Waals surface area (Å²) in [5.74, 6) is 0. The molecular weight excluding hydrogens is 260 g/mol. The number of aryl methyl sites for hydroxylation is 1. The molecule has 0 saturated heterocycles. The first-order chi connectivity index (χ1) is 7.65. The van der Waals surface area contributed by atoms with Crippen LogP contribution in [0, 0.1) is 6.92 Å². The third kappa shape index (κ3) is 3.04. The summed E-state index contributed by atoms with van der Waals surface area (Å²) in [5.41, 5.74) is 0. The molecule has 0 aliphatic carbocycles. The van der Waals surface area contributed by atoms with Gasteiger partial charge in [0.1, 0.15) is 5.01 Å². The molecule has 0 spiro atoms. The SMILES string of the molecule is Cc1cnc(C(C)NCc2ccc(Cl)s2)s1. The molecule has 0 bridgehead atoms. The Labute approximate surface area is 108 Å². The lowest BCUT2D eigenvalue weighted by Crippen LogP contribution is -2.17. The lowest BCUT2D eigenvalue weighted by atomic mass is 10.3. The summed E-state index contributed by atoms with van der Waals surface area (Å²) in [6.07, 6.45) is 1.92. The Kier molecular flexibility index (Phi) is 3.97. The van der Waals surface area contributed by atoms with Gasteiger partial charge in [-0.2, -0.15) is 0 Å². The molecule has 2 heterocycles. The number of nitrogens with zero attached hydrogens (tertiary/aromatic N) is 1. The van der Waals surface area contributed by atoms with Crippen LogP contribution in [-0.4, -0.2) is 4.98 Å². The predicted octanol–water partition coefficient (Wildman–Crippen LogP) is 4.02. The molecule has 2 aromatic heterocycles. The fourth-order valence-corrected chi connectivity index (χ4v) is 3.20. The van der Waals surface area contributed by atoms with Gasteiger partial charge in [-0.25, -0.2) is 4.98 Å². The molecule has 0 aromatic carbocycles. The normalized spacial score (nSPS) is 12.9. The number of rotatable bonds is 4. The molecule has 0 amide bonds. The van der Waals surface area contributed by atoms with Crippen molar-refractivity contribution in [3.05, 3.63) is 37.4 Å². The Morgan fingerprint density at radius 3 is 2.81 bits per heavy atom. The fraction of sp³-hybridized carbons (Fsp3) is 0.364. The van der Waals surface area contributed by atoms with Crippen LogP contribution in [0.15, 0.2) is 18.3 Å². The van der Waals surface area contributed by atoms with Gasteiger partial charge in [0.15, 0.2) is 0 Å². The van der Waals surface area contributed by atoms with E-state index in [-0.39, 0.29) is 0 Å². The van der Waals surface area contributed by atoms with Gasteiger partial charge in [-0.15, -0.1) is 22.7 Å². The third-order valence-electron chi connectivity index (χ3n) is 2.22. The standard InChI is InChI=1S/C11H13ClN2S2/c1-7-5-14-11(15-7)8(2)13-6-9-3-4-10(12)16-9/h3-5,8,13H,6H2,1-2H3. The number of thiophene rings is 1. The third-order valence-corrected chi connectivity index (χ3v) is 4.55. The van der Waals surface area contributed by atoms with Crippen molar-refractivity contribution in [3.63, 3.8) is 0 Å². The Bertz CT molecular complexity index is 464. The van der Waals surface area contributed by atoms with E-state index in [0.29, 0.717) is 6.04 Å². The van der Waals surface area contributed by atoms with E-state index in [1.165, 1.54) is 9.75 Å². The molecule has 5 heteroatoms. The van der Waals surface area contributed by atoms with Crippen molar-refractivity contribution in [2.24, 2.45) is 0 Å². The maximum Gasteiger partial charge on any atom is 0.109 e. The molecule has 0 aliphatic heterocycles. The van der Waals surface area contributed by atoms with Crippen molar-refractivity contribution in [2.45, 2.75) is 26.4 Å². The lowest BCUT2D eigenvalue weighted by Gasteiger charge is -2.09. The number of hydrogen-bond donors (Lipinski definition) is 1. The monoisotopic (exact) mass is 272 g/mol. The first-order valence-corrected chi connectivity index (χ1v) is 7.06. The maximum atomic E-state index is 5.88. The summed E-state index contributed by atoms with van der Waals surface area (Å²) < 4.78 is 0.842. The van der Waals surface area contributed by atoms with Crippen LogP contribution < -0.4 is 5.32 Å². The van der Waals surface area contributed by atoms with Gasteiger partial charge in [0, 0.05) is 22.5 Å². The summed E-state index contributed by atoms with van der Waals surface area (Å²) >= 11 is 9.23. The van der Waals surface area contributed by atoms with Crippen LogP contribution in [0.5, 0.6) is 0 Å². The average Bonchev–Trinajstić information content (AvgIpc) is 2.84. The number of halogens is 1. The van der Waals surface area contributed by atoms with Gasteiger partial charge in [-0.1, -0.05) is 11.6 Å². The molecule has 0 radical (unpaired) electrons. The van der Waals surface area contributed by atoms with Gasteiger partial charge in [0.2, 0.25) is 0 Å². The van der Waals surface area contributed by atoms with Crippen LogP contribution >= 0.6 is 34.3 Å². The second-order valence-corrected chi connectivity index (χ2v) is 6.68. The van der Waals surface area contributed by atoms with Crippen molar-refractivity contribution in [3.8, 4) is 0 Å². The van der Waals surface area contributed by atoms with E-state index in [2.05, 4.69) is 30.2 Å². The van der Waals surface area contributed by atoms with Crippen molar-refractivity contribution in [2.75, 3.05) is 0 Å². The first kappa shape index (κ1) is 12.0. The summed E-state index contributed by atoms with van der Waals surface area (Å²) in [5, 5.41) is 4.58. The zero-order valence-corrected chi connectivity index (χ0v) is 11.5. The molecule has 86 valence electrons. The first-order valence-electron chi connectivity index (χ1n) is 5.05. The van der Waals surface area contributed by atoms with Crippen LogP contribution in [-0.2, 0) is 6.54 Å². The molecule has 0 fully saturated rings. The van der Waals surface area contributed by atoms with Crippen molar-refractivity contribution in [1.82, 2.24) is 10.3 Å². The largest absolute Gasteiger partial charge is 0.303 e. The van der Waals surface area contributed by atoms with Crippen molar-refractivity contribution >= 4 is 34.3 Å². The molecule has 0 aliphatic rings. The fourth-order valence-electron chi connectivity index (χ4n) is 1.36. The molecule has 16 heavy (non-hydrogen) atoms. The highest BCUT2D eigenvalue weighted by molar-refractivity contribution is 7.16. The zero-order valence-electron chi connectivity index (χ0n) is 9.16. The van der Waals surface area contributed by atoms with Gasteiger partial charge in [-0.05, 0) is 26.0 Å². The molecule has 1 unspecified atom stereocenters. The van der Waals surface area contributed by atoms with Gasteiger partial charge in [-0.3, -0.25) is 0 Å². The minimum Gasteiger partial charge on any atom is -0.303 e. The summed E-state index contributed by atoms with van der Waals surface area (Å²) in [6.45, 7) is 5.05. The van der Waals surface area contributed by atoms with E-state index < -0.39 is 0 Å². The minimum atomic E-state index is 0.291. The lowest BCUT2D eigenvalue weighted by molar-refractivity contribution is 0.576. The summed E-state index contributed by atoms with van der Waals surface area (Å²) in [4.78, 5) is 6.87. The van der Waals surface area contributed by atoms with Crippen LogP contribution in [0.1, 0.15) is 27.7 Å². The molecule has 1 N–H and O–H groups in total. The molecule has 0 saturated carbocycles. The van der Waals surface area contributed by atoms with E-state index >= 15 is 0 Å². The van der Waals surface area contributed by atoms with Crippen LogP contribution in [0.4, 0.5) is 0 Å². The predicted molar refractivity (Wildman–Crippen MR) is 71.4 cm³/mol. The zero-order chi connectivity index (χ0) is 11.5. The maximum absolute atomic E-state index is 5.88. The van der Waals surface area contributed by atoms with Crippen LogP contribution in [0.3, 0.4) is 0 Å². The second kappa shape index (κ2) is 5.27. The Hall–Kier alpha value is -0.420. The highest BCUT2D eigenvalue weighted by Gasteiger charge is 2.09. The van der Waals surface area contributed by atoms with Crippen LogP contribution in [0.25, 0.3) is 0 Å². The van der Waals surface area contributed by atoms with E-state index in [9.17, 15) is 0 Å². The molecule has 1 atom stereocenters. The van der Waals surface area contributed by atoms with Gasteiger partial charge >= 0.3 is 0 Å². The quantitative estimate of drug-likeness (QED) is 0.909. The van der Waals surface area contributed by atoms with E-state index in [1.807, 2.05) is 12.3 Å². The van der Waals surface area contributed by atoms with E-state index in [4.69, 9.17) is 11.6 Å². The molecule has 2 aromatic rings.